The monoisotopic (exact) mass is 356 g/mol. The van der Waals surface area contributed by atoms with Crippen LogP contribution in [0.15, 0.2) is 54.6 Å². The lowest BCUT2D eigenvalue weighted by atomic mass is 10.2. The molecule has 0 N–H and O–H groups in total. The van der Waals surface area contributed by atoms with Crippen LogP contribution >= 0.6 is 0 Å². The third kappa shape index (κ3) is 4.87. The van der Waals surface area contributed by atoms with E-state index >= 15 is 0 Å². The second-order valence-electron chi connectivity index (χ2n) is 6.12. The minimum atomic E-state index is -0.586. The molecule has 0 aliphatic carbocycles. The van der Waals surface area contributed by atoms with Crippen LogP contribution in [-0.4, -0.2) is 48.2 Å². The van der Waals surface area contributed by atoms with Gasteiger partial charge in [0.2, 0.25) is 0 Å². The lowest BCUT2D eigenvalue weighted by Crippen LogP contribution is -2.44. The van der Waals surface area contributed by atoms with Crippen molar-refractivity contribution < 1.29 is 19.2 Å². The molecule has 1 aliphatic heterocycles. The van der Waals surface area contributed by atoms with Gasteiger partial charge in [0, 0.05) is 31.8 Å². The maximum absolute atomic E-state index is 12.1. The van der Waals surface area contributed by atoms with Crippen LogP contribution < -0.4 is 0 Å². The molecule has 1 saturated heterocycles. The van der Waals surface area contributed by atoms with Crippen molar-refractivity contribution in [3.63, 3.8) is 0 Å². The molecule has 0 bridgehead atoms. The zero-order valence-corrected chi connectivity index (χ0v) is 14.2. The number of rotatable bonds is 6. The van der Waals surface area contributed by atoms with Gasteiger partial charge in [-0.3, -0.25) is 15.0 Å². The van der Waals surface area contributed by atoms with Crippen LogP contribution in [0.1, 0.15) is 15.9 Å². The van der Waals surface area contributed by atoms with Crippen LogP contribution in [0.25, 0.3) is 0 Å². The Labute approximate surface area is 151 Å². The molecular weight excluding hydrogens is 336 g/mol. The van der Waals surface area contributed by atoms with Gasteiger partial charge in [0.15, 0.2) is 0 Å². The van der Waals surface area contributed by atoms with Gasteiger partial charge in [-0.15, -0.1) is 0 Å². The summed E-state index contributed by atoms with van der Waals surface area (Å²) < 4.78 is 11.0. The van der Waals surface area contributed by atoms with Crippen LogP contribution in [-0.2, 0) is 16.0 Å². The first-order chi connectivity index (χ1) is 12.6. The number of morpholine rings is 1. The predicted octanol–water partition coefficient (Wildman–Crippen LogP) is 2.65. The number of benzene rings is 2. The van der Waals surface area contributed by atoms with E-state index in [4.69, 9.17) is 9.47 Å². The van der Waals surface area contributed by atoms with Crippen molar-refractivity contribution in [1.82, 2.24) is 4.90 Å². The van der Waals surface area contributed by atoms with Gasteiger partial charge in [0.25, 0.3) is 5.69 Å². The van der Waals surface area contributed by atoms with E-state index in [-0.39, 0.29) is 24.0 Å². The standard InChI is InChI=1S/C19H20N2O5/c22-19(16-7-4-8-17(11-16)21(23)24)26-14-18-13-20(9-10-25-18)12-15-5-2-1-3-6-15/h1-8,11,18H,9-10,12-14H2. The number of hydrogen-bond acceptors (Lipinski definition) is 6. The van der Waals surface area contributed by atoms with E-state index in [0.29, 0.717) is 13.2 Å². The maximum Gasteiger partial charge on any atom is 0.338 e. The van der Waals surface area contributed by atoms with Crippen LogP contribution in [0.5, 0.6) is 0 Å². The van der Waals surface area contributed by atoms with E-state index in [0.717, 1.165) is 13.1 Å². The molecule has 1 fully saturated rings. The van der Waals surface area contributed by atoms with Gasteiger partial charge >= 0.3 is 5.97 Å². The van der Waals surface area contributed by atoms with Gasteiger partial charge < -0.3 is 9.47 Å². The van der Waals surface area contributed by atoms with Crippen molar-refractivity contribution in [3.8, 4) is 0 Å². The molecule has 7 nitrogen and oxygen atoms in total. The first-order valence-corrected chi connectivity index (χ1v) is 8.41. The second kappa shape index (κ2) is 8.55. The smallest absolute Gasteiger partial charge is 0.338 e. The summed E-state index contributed by atoms with van der Waals surface area (Å²) in [5, 5.41) is 10.8. The molecule has 0 aromatic heterocycles. The largest absolute Gasteiger partial charge is 0.459 e. The average Bonchev–Trinajstić information content (AvgIpc) is 2.67. The van der Waals surface area contributed by atoms with Crippen molar-refractivity contribution in [1.29, 1.82) is 0 Å². The molecule has 26 heavy (non-hydrogen) atoms. The summed E-state index contributed by atoms with van der Waals surface area (Å²) in [7, 11) is 0. The Balaban J connectivity index is 1.51. The molecule has 136 valence electrons. The number of ether oxygens (including phenoxy) is 2. The van der Waals surface area contributed by atoms with Crippen molar-refractivity contribution in [3.05, 3.63) is 75.8 Å². The minimum Gasteiger partial charge on any atom is -0.459 e. The van der Waals surface area contributed by atoms with Crippen LogP contribution in [0.2, 0.25) is 0 Å². The Kier molecular flexibility index (Phi) is 5.93. The van der Waals surface area contributed by atoms with Crippen LogP contribution in [0.4, 0.5) is 5.69 Å². The normalized spacial score (nSPS) is 17.6. The second-order valence-corrected chi connectivity index (χ2v) is 6.12. The highest BCUT2D eigenvalue weighted by Crippen LogP contribution is 2.15. The number of esters is 1. The van der Waals surface area contributed by atoms with Gasteiger partial charge in [0.1, 0.15) is 12.7 Å². The summed E-state index contributed by atoms with van der Waals surface area (Å²) >= 11 is 0. The fourth-order valence-electron chi connectivity index (χ4n) is 2.86. The number of carbonyl (C=O) groups excluding carboxylic acids is 1. The summed E-state index contributed by atoms with van der Waals surface area (Å²) in [6.07, 6.45) is -0.213. The Hall–Kier alpha value is -2.77. The number of nitro groups is 1. The van der Waals surface area contributed by atoms with Crippen molar-refractivity contribution in [2.75, 3.05) is 26.3 Å². The molecule has 1 unspecified atom stereocenters. The SMILES string of the molecule is O=C(OCC1CN(Cc2ccccc2)CCO1)c1cccc([N+](=O)[O-])c1. The van der Waals surface area contributed by atoms with E-state index in [9.17, 15) is 14.9 Å². The van der Waals surface area contributed by atoms with E-state index in [1.54, 1.807) is 0 Å². The van der Waals surface area contributed by atoms with E-state index < -0.39 is 10.9 Å². The Morgan fingerprint density at radius 1 is 1.23 bits per heavy atom. The van der Waals surface area contributed by atoms with Crippen LogP contribution in [0.3, 0.4) is 0 Å². The summed E-state index contributed by atoms with van der Waals surface area (Å²) in [6, 6.07) is 15.7. The first-order valence-electron chi connectivity index (χ1n) is 8.41. The molecule has 1 atom stereocenters. The lowest BCUT2D eigenvalue weighted by Gasteiger charge is -2.32. The minimum absolute atomic E-state index is 0.118. The van der Waals surface area contributed by atoms with Crippen molar-refractivity contribution in [2.45, 2.75) is 12.6 Å². The van der Waals surface area contributed by atoms with Gasteiger partial charge in [-0.05, 0) is 11.6 Å². The summed E-state index contributed by atoms with van der Waals surface area (Å²) in [5.74, 6) is -0.586. The van der Waals surface area contributed by atoms with Crippen molar-refractivity contribution >= 4 is 11.7 Å². The quantitative estimate of drug-likeness (QED) is 0.450. The van der Waals surface area contributed by atoms with Gasteiger partial charge in [-0.1, -0.05) is 36.4 Å². The third-order valence-corrected chi connectivity index (χ3v) is 4.16. The fourth-order valence-corrected chi connectivity index (χ4v) is 2.86. The number of nitrogens with zero attached hydrogens (tertiary/aromatic N) is 2. The van der Waals surface area contributed by atoms with E-state index in [2.05, 4.69) is 17.0 Å². The Morgan fingerprint density at radius 2 is 2.04 bits per heavy atom. The molecule has 0 radical (unpaired) electrons. The number of non-ortho nitro benzene ring substituents is 1. The zero-order chi connectivity index (χ0) is 18.4. The Bertz CT molecular complexity index is 766. The predicted molar refractivity (Wildman–Crippen MR) is 94.8 cm³/mol. The maximum atomic E-state index is 12.1. The zero-order valence-electron chi connectivity index (χ0n) is 14.2. The van der Waals surface area contributed by atoms with Crippen LogP contribution in [0, 0.1) is 10.1 Å². The summed E-state index contributed by atoms with van der Waals surface area (Å²) in [6.45, 7) is 3.00. The number of hydrogen-bond donors (Lipinski definition) is 0. The molecule has 1 heterocycles. The highest BCUT2D eigenvalue weighted by Gasteiger charge is 2.22. The van der Waals surface area contributed by atoms with Crippen molar-refractivity contribution in [2.24, 2.45) is 0 Å². The van der Waals surface area contributed by atoms with Gasteiger partial charge in [-0.2, -0.15) is 0 Å². The highest BCUT2D eigenvalue weighted by molar-refractivity contribution is 5.90. The molecule has 7 heteroatoms. The molecular formula is C19H20N2O5. The topological polar surface area (TPSA) is 81.9 Å². The first kappa shape index (κ1) is 18.0. The molecule has 3 rings (SSSR count). The lowest BCUT2D eigenvalue weighted by molar-refractivity contribution is -0.384. The number of nitro benzene ring substituents is 1. The number of carbonyl (C=O) groups is 1. The molecule has 2 aromatic carbocycles. The highest BCUT2D eigenvalue weighted by atomic mass is 16.6. The van der Waals surface area contributed by atoms with E-state index in [1.807, 2.05) is 18.2 Å². The molecule has 0 amide bonds. The summed E-state index contributed by atoms with van der Waals surface area (Å²) in [5.41, 5.74) is 1.25. The molecule has 1 aliphatic rings. The molecule has 2 aromatic rings. The van der Waals surface area contributed by atoms with Gasteiger partial charge in [0.05, 0.1) is 17.1 Å². The molecule has 0 saturated carbocycles. The van der Waals surface area contributed by atoms with Gasteiger partial charge in [-0.25, -0.2) is 4.79 Å². The third-order valence-electron chi connectivity index (χ3n) is 4.16. The Morgan fingerprint density at radius 3 is 2.81 bits per heavy atom. The van der Waals surface area contributed by atoms with E-state index in [1.165, 1.54) is 29.8 Å². The molecule has 0 spiro atoms. The fraction of sp³-hybridized carbons (Fsp3) is 0.316. The summed E-state index contributed by atoms with van der Waals surface area (Å²) in [4.78, 5) is 24.6. The average molecular weight is 356 g/mol.